The van der Waals surface area contributed by atoms with Crippen LogP contribution in [-0.2, 0) is 19.1 Å². The lowest BCUT2D eigenvalue weighted by Crippen LogP contribution is -2.55. The van der Waals surface area contributed by atoms with Gasteiger partial charge in [-0.25, -0.2) is 0 Å². The number of carbonyl (C=O) groups is 2. The van der Waals surface area contributed by atoms with Crippen molar-refractivity contribution >= 4 is 11.8 Å². The van der Waals surface area contributed by atoms with Gasteiger partial charge in [0.15, 0.2) is 0 Å². The standard InChI is InChI=1S/C16H29N3O4/c1-16(2,13-22-3)15(21)19-6-4-17(5-7-19)12-14(20)18-8-10-23-11-9-18/h4-13H2,1-3H3. The van der Waals surface area contributed by atoms with Crippen LogP contribution in [0.25, 0.3) is 0 Å². The summed E-state index contributed by atoms with van der Waals surface area (Å²) < 4.78 is 10.4. The number of carbonyl (C=O) groups excluding carboxylic acids is 2. The van der Waals surface area contributed by atoms with Gasteiger partial charge >= 0.3 is 0 Å². The van der Waals surface area contributed by atoms with Gasteiger partial charge in [-0.05, 0) is 13.8 Å². The van der Waals surface area contributed by atoms with Crippen molar-refractivity contribution in [3.8, 4) is 0 Å². The highest BCUT2D eigenvalue weighted by Crippen LogP contribution is 2.20. The highest BCUT2D eigenvalue weighted by atomic mass is 16.5. The van der Waals surface area contributed by atoms with E-state index in [1.54, 1.807) is 7.11 Å². The van der Waals surface area contributed by atoms with Crippen LogP contribution in [0.1, 0.15) is 13.8 Å². The van der Waals surface area contributed by atoms with Crippen LogP contribution < -0.4 is 0 Å². The SMILES string of the molecule is COCC(C)(C)C(=O)N1CCN(CC(=O)N2CCOCC2)CC1. The van der Waals surface area contributed by atoms with Crippen molar-refractivity contribution in [3.63, 3.8) is 0 Å². The van der Waals surface area contributed by atoms with Crippen molar-refractivity contribution in [1.82, 2.24) is 14.7 Å². The summed E-state index contributed by atoms with van der Waals surface area (Å²) in [7, 11) is 1.62. The first-order valence-electron chi connectivity index (χ1n) is 8.30. The first-order valence-corrected chi connectivity index (χ1v) is 8.30. The molecule has 0 aromatic carbocycles. The van der Waals surface area contributed by atoms with Gasteiger partial charge in [-0.3, -0.25) is 14.5 Å². The predicted octanol–water partition coefficient (Wildman–Crippen LogP) is -0.338. The van der Waals surface area contributed by atoms with Gasteiger partial charge in [-0.15, -0.1) is 0 Å². The number of nitrogens with zero attached hydrogens (tertiary/aromatic N) is 3. The average molecular weight is 327 g/mol. The van der Waals surface area contributed by atoms with Gasteiger partial charge in [-0.1, -0.05) is 0 Å². The molecule has 0 aliphatic carbocycles. The first-order chi connectivity index (χ1) is 10.9. The molecule has 0 radical (unpaired) electrons. The molecule has 0 aromatic heterocycles. The summed E-state index contributed by atoms with van der Waals surface area (Å²) in [5.41, 5.74) is -0.499. The molecule has 2 saturated heterocycles. The van der Waals surface area contributed by atoms with E-state index in [-0.39, 0.29) is 11.8 Å². The van der Waals surface area contributed by atoms with Gasteiger partial charge in [0.2, 0.25) is 11.8 Å². The Morgan fingerprint density at radius 2 is 1.61 bits per heavy atom. The van der Waals surface area contributed by atoms with Crippen LogP contribution in [0.2, 0.25) is 0 Å². The maximum Gasteiger partial charge on any atom is 0.236 e. The average Bonchev–Trinajstić information content (AvgIpc) is 2.55. The Morgan fingerprint density at radius 3 is 2.17 bits per heavy atom. The second-order valence-electron chi connectivity index (χ2n) is 6.88. The summed E-state index contributed by atoms with van der Waals surface area (Å²) in [5, 5.41) is 0. The summed E-state index contributed by atoms with van der Waals surface area (Å²) >= 11 is 0. The van der Waals surface area contributed by atoms with E-state index in [9.17, 15) is 9.59 Å². The molecule has 0 unspecified atom stereocenters. The minimum atomic E-state index is -0.499. The van der Waals surface area contributed by atoms with Crippen LogP contribution in [0.3, 0.4) is 0 Å². The van der Waals surface area contributed by atoms with Crippen LogP contribution in [0.5, 0.6) is 0 Å². The van der Waals surface area contributed by atoms with E-state index in [0.29, 0.717) is 52.5 Å². The molecule has 0 N–H and O–H groups in total. The summed E-state index contributed by atoms with van der Waals surface area (Å²) in [5.74, 6) is 0.284. The number of hydrogen-bond donors (Lipinski definition) is 0. The molecule has 2 fully saturated rings. The lowest BCUT2D eigenvalue weighted by molar-refractivity contribution is -0.145. The Labute approximate surface area is 138 Å². The summed E-state index contributed by atoms with van der Waals surface area (Å²) in [6.45, 7) is 10.1. The fraction of sp³-hybridized carbons (Fsp3) is 0.875. The number of piperazine rings is 1. The summed E-state index contributed by atoms with van der Waals surface area (Å²) in [6, 6.07) is 0. The molecule has 0 aromatic rings. The van der Waals surface area contributed by atoms with Crippen molar-refractivity contribution in [1.29, 1.82) is 0 Å². The van der Waals surface area contributed by atoms with Crippen molar-refractivity contribution in [2.24, 2.45) is 5.41 Å². The molecule has 0 spiro atoms. The van der Waals surface area contributed by atoms with Crippen molar-refractivity contribution in [3.05, 3.63) is 0 Å². The third kappa shape index (κ3) is 4.89. The van der Waals surface area contributed by atoms with Crippen LogP contribution in [0.4, 0.5) is 0 Å². The monoisotopic (exact) mass is 327 g/mol. The molecule has 7 nitrogen and oxygen atoms in total. The van der Waals surface area contributed by atoms with E-state index in [1.165, 1.54) is 0 Å². The smallest absolute Gasteiger partial charge is 0.236 e. The molecule has 2 rings (SSSR count). The Morgan fingerprint density at radius 1 is 1.00 bits per heavy atom. The third-order valence-corrected chi connectivity index (χ3v) is 4.47. The molecule has 2 amide bonds. The number of morpholine rings is 1. The number of rotatable bonds is 5. The van der Waals surface area contributed by atoms with Gasteiger partial charge in [0.1, 0.15) is 0 Å². The molecule has 2 aliphatic heterocycles. The van der Waals surface area contributed by atoms with Gasteiger partial charge in [0.05, 0.1) is 31.8 Å². The molecule has 2 aliphatic rings. The minimum absolute atomic E-state index is 0.124. The maximum atomic E-state index is 12.5. The first kappa shape index (κ1) is 18.2. The van der Waals surface area contributed by atoms with Crippen LogP contribution >= 0.6 is 0 Å². The Hall–Kier alpha value is -1.18. The van der Waals surface area contributed by atoms with E-state index < -0.39 is 5.41 Å². The van der Waals surface area contributed by atoms with E-state index in [2.05, 4.69) is 4.90 Å². The van der Waals surface area contributed by atoms with Gasteiger partial charge in [-0.2, -0.15) is 0 Å². The molecule has 132 valence electrons. The maximum absolute atomic E-state index is 12.5. The van der Waals surface area contributed by atoms with E-state index in [0.717, 1.165) is 13.1 Å². The molecule has 0 bridgehead atoms. The lowest BCUT2D eigenvalue weighted by atomic mass is 9.92. The Balaban J connectivity index is 1.77. The fourth-order valence-corrected chi connectivity index (χ4v) is 3.06. The summed E-state index contributed by atoms with van der Waals surface area (Å²) in [6.07, 6.45) is 0. The second kappa shape index (κ2) is 8.08. The van der Waals surface area contributed by atoms with E-state index >= 15 is 0 Å². The van der Waals surface area contributed by atoms with Crippen molar-refractivity contribution < 1.29 is 19.1 Å². The van der Waals surface area contributed by atoms with Gasteiger partial charge in [0.25, 0.3) is 0 Å². The van der Waals surface area contributed by atoms with Gasteiger partial charge < -0.3 is 19.3 Å². The number of methoxy groups -OCH3 is 1. The highest BCUT2D eigenvalue weighted by Gasteiger charge is 2.34. The minimum Gasteiger partial charge on any atom is -0.384 e. The van der Waals surface area contributed by atoms with E-state index in [1.807, 2.05) is 23.6 Å². The number of hydrogen-bond acceptors (Lipinski definition) is 5. The summed E-state index contributed by atoms with van der Waals surface area (Å²) in [4.78, 5) is 30.7. The van der Waals surface area contributed by atoms with E-state index in [4.69, 9.17) is 9.47 Å². The predicted molar refractivity (Wildman–Crippen MR) is 86.1 cm³/mol. The number of amides is 2. The lowest BCUT2D eigenvalue weighted by Gasteiger charge is -2.39. The quantitative estimate of drug-likeness (QED) is 0.691. The van der Waals surface area contributed by atoms with Gasteiger partial charge in [0, 0.05) is 46.4 Å². The molecule has 23 heavy (non-hydrogen) atoms. The fourth-order valence-electron chi connectivity index (χ4n) is 3.06. The second-order valence-corrected chi connectivity index (χ2v) is 6.88. The topological polar surface area (TPSA) is 62.3 Å². The molecule has 0 saturated carbocycles. The zero-order valence-corrected chi connectivity index (χ0v) is 14.5. The zero-order chi connectivity index (χ0) is 16.9. The van der Waals surface area contributed by atoms with Crippen molar-refractivity contribution in [2.75, 3.05) is 72.7 Å². The van der Waals surface area contributed by atoms with Crippen LogP contribution in [-0.4, -0.2) is 99.3 Å². The highest BCUT2D eigenvalue weighted by molar-refractivity contribution is 5.82. The third-order valence-electron chi connectivity index (χ3n) is 4.47. The molecule has 7 heteroatoms. The normalized spacial score (nSPS) is 20.7. The molecular weight excluding hydrogens is 298 g/mol. The Bertz CT molecular complexity index is 414. The molecule has 0 atom stereocenters. The van der Waals surface area contributed by atoms with Crippen LogP contribution in [0.15, 0.2) is 0 Å². The largest absolute Gasteiger partial charge is 0.384 e. The molecular formula is C16H29N3O4. The number of ether oxygens (including phenoxy) is 2. The molecule has 2 heterocycles. The van der Waals surface area contributed by atoms with Crippen LogP contribution in [0, 0.1) is 5.41 Å². The van der Waals surface area contributed by atoms with Crippen molar-refractivity contribution in [2.45, 2.75) is 13.8 Å². The Kier molecular flexibility index (Phi) is 6.38. The zero-order valence-electron chi connectivity index (χ0n) is 14.5.